The molecule has 25 heavy (non-hydrogen) atoms. The number of carbonyl (C=O) groups is 2. The van der Waals surface area contributed by atoms with Crippen LogP contribution in [-0.4, -0.2) is 35.6 Å². The fourth-order valence-corrected chi connectivity index (χ4v) is 3.95. The van der Waals surface area contributed by atoms with Crippen LogP contribution in [0, 0.1) is 13.8 Å². The zero-order chi connectivity index (χ0) is 17.8. The molecule has 2 amide bonds. The first kappa shape index (κ1) is 17.5. The summed E-state index contributed by atoms with van der Waals surface area (Å²) in [7, 11) is 0. The van der Waals surface area contributed by atoms with E-state index in [-0.39, 0.29) is 18.4 Å². The third kappa shape index (κ3) is 4.20. The fourth-order valence-electron chi connectivity index (χ4n) is 2.92. The van der Waals surface area contributed by atoms with Crippen LogP contribution in [0.1, 0.15) is 16.8 Å². The van der Waals surface area contributed by atoms with Crippen molar-refractivity contribution in [3.8, 4) is 0 Å². The second-order valence-corrected chi connectivity index (χ2v) is 7.05. The van der Waals surface area contributed by atoms with Crippen LogP contribution < -0.4 is 10.2 Å². The van der Waals surface area contributed by atoms with Gasteiger partial charge in [-0.25, -0.2) is 4.98 Å². The minimum atomic E-state index is -0.151. The van der Waals surface area contributed by atoms with E-state index in [1.807, 2.05) is 50.2 Å². The van der Waals surface area contributed by atoms with Crippen LogP contribution in [0.15, 0.2) is 41.4 Å². The average molecular weight is 355 g/mol. The van der Waals surface area contributed by atoms with Gasteiger partial charge in [0, 0.05) is 12.2 Å². The van der Waals surface area contributed by atoms with Crippen molar-refractivity contribution in [2.75, 3.05) is 23.7 Å². The van der Waals surface area contributed by atoms with Crippen molar-refractivity contribution >= 4 is 29.3 Å². The van der Waals surface area contributed by atoms with Gasteiger partial charge in [-0.2, -0.15) is 0 Å². The number of nitrogens with zero attached hydrogens (tertiary/aromatic N) is 2. The number of hydrogen-bond donors (Lipinski definition) is 1. The number of amides is 2. The normalized spacial score (nSPS) is 13.5. The SMILES string of the molecule is Cc1cc(C)c2c(n1)SCC(=O)N2CC(=O)NCCc1ccccc1. The first-order valence-electron chi connectivity index (χ1n) is 8.26. The summed E-state index contributed by atoms with van der Waals surface area (Å²) >= 11 is 1.44. The quantitative estimate of drug-likeness (QED) is 0.895. The number of aryl methyl sites for hydroxylation is 2. The Bertz CT molecular complexity index is 793. The van der Waals surface area contributed by atoms with Crippen LogP contribution in [0.3, 0.4) is 0 Å². The third-order valence-corrected chi connectivity index (χ3v) is 5.01. The zero-order valence-corrected chi connectivity index (χ0v) is 15.2. The molecule has 1 aliphatic heterocycles. The Morgan fingerprint density at radius 1 is 1.28 bits per heavy atom. The lowest BCUT2D eigenvalue weighted by atomic mass is 10.1. The van der Waals surface area contributed by atoms with Crippen LogP contribution >= 0.6 is 11.8 Å². The van der Waals surface area contributed by atoms with Crippen molar-refractivity contribution in [1.82, 2.24) is 10.3 Å². The first-order valence-corrected chi connectivity index (χ1v) is 9.25. The molecule has 1 aliphatic rings. The molecule has 3 rings (SSSR count). The average Bonchev–Trinajstić information content (AvgIpc) is 2.58. The van der Waals surface area contributed by atoms with Crippen LogP contribution in [0.5, 0.6) is 0 Å². The van der Waals surface area contributed by atoms with Crippen molar-refractivity contribution < 1.29 is 9.59 Å². The van der Waals surface area contributed by atoms with E-state index in [0.717, 1.165) is 28.4 Å². The summed E-state index contributed by atoms with van der Waals surface area (Å²) in [6, 6.07) is 11.9. The molecule has 2 heterocycles. The number of anilines is 1. The molecule has 1 aromatic carbocycles. The van der Waals surface area contributed by atoms with Crippen molar-refractivity contribution in [1.29, 1.82) is 0 Å². The minimum absolute atomic E-state index is 0.0345. The summed E-state index contributed by atoms with van der Waals surface area (Å²) in [4.78, 5) is 30.7. The number of hydrogen-bond acceptors (Lipinski definition) is 4. The maximum Gasteiger partial charge on any atom is 0.240 e. The monoisotopic (exact) mass is 355 g/mol. The highest BCUT2D eigenvalue weighted by Crippen LogP contribution is 2.36. The Hall–Kier alpha value is -2.34. The molecule has 130 valence electrons. The number of benzene rings is 1. The van der Waals surface area contributed by atoms with Gasteiger partial charge in [-0.3, -0.25) is 14.5 Å². The van der Waals surface area contributed by atoms with E-state index in [4.69, 9.17) is 0 Å². The van der Waals surface area contributed by atoms with Crippen LogP contribution in [0.25, 0.3) is 0 Å². The molecule has 0 unspecified atom stereocenters. The maximum absolute atomic E-state index is 12.3. The van der Waals surface area contributed by atoms with Crippen LogP contribution in [0.4, 0.5) is 5.69 Å². The van der Waals surface area contributed by atoms with Gasteiger partial charge in [0.05, 0.1) is 11.4 Å². The van der Waals surface area contributed by atoms with E-state index in [1.54, 1.807) is 4.90 Å². The number of nitrogens with one attached hydrogen (secondary N) is 1. The Morgan fingerprint density at radius 2 is 2.04 bits per heavy atom. The highest BCUT2D eigenvalue weighted by molar-refractivity contribution is 8.00. The van der Waals surface area contributed by atoms with Gasteiger partial charge in [-0.15, -0.1) is 0 Å². The number of fused-ring (bicyclic) bond motifs is 1. The Labute approximate surface area is 151 Å². The number of rotatable bonds is 5. The molecule has 0 saturated heterocycles. The predicted octanol–water partition coefficient (Wildman–Crippen LogP) is 2.50. The van der Waals surface area contributed by atoms with Gasteiger partial charge in [-0.05, 0) is 37.5 Å². The molecule has 0 radical (unpaired) electrons. The molecule has 0 fully saturated rings. The molecule has 0 spiro atoms. The highest BCUT2D eigenvalue weighted by Gasteiger charge is 2.29. The van der Waals surface area contributed by atoms with Gasteiger partial charge in [-0.1, -0.05) is 42.1 Å². The Balaban J connectivity index is 1.64. The van der Waals surface area contributed by atoms with E-state index in [0.29, 0.717) is 12.3 Å². The number of thioether (sulfide) groups is 1. The number of carbonyl (C=O) groups excluding carboxylic acids is 2. The Kier molecular flexibility index (Phi) is 5.38. The van der Waals surface area contributed by atoms with Gasteiger partial charge in [0.25, 0.3) is 0 Å². The molecule has 2 aromatic rings. The van der Waals surface area contributed by atoms with E-state index in [2.05, 4.69) is 10.3 Å². The summed E-state index contributed by atoms with van der Waals surface area (Å²) < 4.78 is 0. The molecule has 1 aromatic heterocycles. The van der Waals surface area contributed by atoms with Gasteiger partial charge in [0.15, 0.2) is 0 Å². The number of aromatic nitrogens is 1. The van der Waals surface area contributed by atoms with Gasteiger partial charge in [0.1, 0.15) is 11.6 Å². The van der Waals surface area contributed by atoms with E-state index in [1.165, 1.54) is 17.3 Å². The molecule has 5 nitrogen and oxygen atoms in total. The maximum atomic E-state index is 12.3. The van der Waals surface area contributed by atoms with Gasteiger partial charge >= 0.3 is 0 Å². The van der Waals surface area contributed by atoms with E-state index in [9.17, 15) is 9.59 Å². The van der Waals surface area contributed by atoms with Gasteiger partial charge in [0.2, 0.25) is 11.8 Å². The van der Waals surface area contributed by atoms with Crippen molar-refractivity contribution in [2.45, 2.75) is 25.3 Å². The molecule has 0 atom stereocenters. The summed E-state index contributed by atoms with van der Waals surface area (Å²) in [6.45, 7) is 4.47. The topological polar surface area (TPSA) is 62.3 Å². The zero-order valence-electron chi connectivity index (χ0n) is 14.4. The standard InChI is InChI=1S/C19H21N3O2S/c1-13-10-14(2)21-19-18(13)22(17(24)12-25-19)11-16(23)20-9-8-15-6-4-3-5-7-15/h3-7,10H,8-9,11-12H2,1-2H3,(H,20,23). The van der Waals surface area contributed by atoms with Crippen molar-refractivity contribution in [2.24, 2.45) is 0 Å². The summed E-state index contributed by atoms with van der Waals surface area (Å²) in [5.41, 5.74) is 3.84. The number of pyridine rings is 1. The lowest BCUT2D eigenvalue weighted by Crippen LogP contribution is -2.44. The molecule has 0 aliphatic carbocycles. The highest BCUT2D eigenvalue weighted by atomic mass is 32.2. The summed E-state index contributed by atoms with van der Waals surface area (Å²) in [5.74, 6) is 0.117. The Morgan fingerprint density at radius 3 is 2.80 bits per heavy atom. The van der Waals surface area contributed by atoms with Crippen molar-refractivity contribution in [3.05, 3.63) is 53.2 Å². The van der Waals surface area contributed by atoms with Crippen LogP contribution in [0.2, 0.25) is 0 Å². The van der Waals surface area contributed by atoms with Crippen LogP contribution in [-0.2, 0) is 16.0 Å². The smallest absolute Gasteiger partial charge is 0.240 e. The van der Waals surface area contributed by atoms with E-state index < -0.39 is 0 Å². The predicted molar refractivity (Wildman–Crippen MR) is 99.9 cm³/mol. The lowest BCUT2D eigenvalue weighted by molar-refractivity contribution is -0.122. The third-order valence-electron chi connectivity index (χ3n) is 4.06. The second kappa shape index (κ2) is 7.70. The van der Waals surface area contributed by atoms with E-state index >= 15 is 0 Å². The van der Waals surface area contributed by atoms with Crippen molar-refractivity contribution in [3.63, 3.8) is 0 Å². The first-order chi connectivity index (χ1) is 12.0. The lowest BCUT2D eigenvalue weighted by Gasteiger charge is -2.29. The minimum Gasteiger partial charge on any atom is -0.354 e. The summed E-state index contributed by atoms with van der Waals surface area (Å²) in [5, 5.41) is 3.73. The van der Waals surface area contributed by atoms with Gasteiger partial charge < -0.3 is 5.32 Å². The molecule has 6 heteroatoms. The second-order valence-electron chi connectivity index (χ2n) is 6.09. The molecule has 1 N–H and O–H groups in total. The fraction of sp³-hybridized carbons (Fsp3) is 0.316. The molecule has 0 saturated carbocycles. The molecular weight excluding hydrogens is 334 g/mol. The largest absolute Gasteiger partial charge is 0.354 e. The molecular formula is C19H21N3O2S. The molecule has 0 bridgehead atoms. The summed E-state index contributed by atoms with van der Waals surface area (Å²) in [6.07, 6.45) is 0.771.